The third-order valence-electron chi connectivity index (χ3n) is 4.60. The van der Waals surface area contributed by atoms with E-state index in [1.807, 2.05) is 24.3 Å². The Morgan fingerprint density at radius 3 is 3.00 bits per heavy atom. The first-order chi connectivity index (χ1) is 9.79. The van der Waals surface area contributed by atoms with Crippen molar-refractivity contribution in [2.24, 2.45) is 5.73 Å². The summed E-state index contributed by atoms with van der Waals surface area (Å²) >= 11 is 0. The van der Waals surface area contributed by atoms with Crippen LogP contribution in [0, 0.1) is 0 Å². The van der Waals surface area contributed by atoms with Gasteiger partial charge in [0.25, 0.3) is 5.91 Å². The lowest BCUT2D eigenvalue weighted by molar-refractivity contribution is 0.0928. The first-order valence-electron chi connectivity index (χ1n) is 7.62. The van der Waals surface area contributed by atoms with E-state index in [1.165, 1.54) is 19.4 Å². The van der Waals surface area contributed by atoms with Crippen LogP contribution in [0.3, 0.4) is 0 Å². The second kappa shape index (κ2) is 5.94. The molecule has 2 aliphatic heterocycles. The molecule has 20 heavy (non-hydrogen) atoms. The molecule has 4 heteroatoms. The SMILES string of the molecule is NCCc1ccccc1C(=O)NC1CCN2CCCC12. The molecule has 108 valence electrons. The summed E-state index contributed by atoms with van der Waals surface area (Å²) in [6, 6.07) is 8.66. The molecule has 1 amide bonds. The predicted octanol–water partition coefficient (Wildman–Crippen LogP) is 1.15. The molecule has 2 saturated heterocycles. The minimum Gasteiger partial charge on any atom is -0.348 e. The minimum absolute atomic E-state index is 0.0628. The second-order valence-corrected chi connectivity index (χ2v) is 5.81. The van der Waals surface area contributed by atoms with E-state index in [9.17, 15) is 4.79 Å². The molecule has 0 aliphatic carbocycles. The Morgan fingerprint density at radius 2 is 2.15 bits per heavy atom. The molecule has 1 aromatic rings. The van der Waals surface area contributed by atoms with Gasteiger partial charge in [-0.1, -0.05) is 18.2 Å². The van der Waals surface area contributed by atoms with Crippen LogP contribution in [0.4, 0.5) is 0 Å². The van der Waals surface area contributed by atoms with Gasteiger partial charge in [-0.25, -0.2) is 0 Å². The minimum atomic E-state index is 0.0628. The van der Waals surface area contributed by atoms with Crippen LogP contribution in [-0.2, 0) is 6.42 Å². The molecular weight excluding hydrogens is 250 g/mol. The summed E-state index contributed by atoms with van der Waals surface area (Å²) in [5, 5.41) is 3.24. The van der Waals surface area contributed by atoms with Crippen molar-refractivity contribution in [2.75, 3.05) is 19.6 Å². The molecule has 1 aromatic carbocycles. The second-order valence-electron chi connectivity index (χ2n) is 5.81. The van der Waals surface area contributed by atoms with Crippen molar-refractivity contribution in [3.8, 4) is 0 Å². The van der Waals surface area contributed by atoms with Crippen molar-refractivity contribution in [1.29, 1.82) is 0 Å². The molecule has 2 heterocycles. The van der Waals surface area contributed by atoms with E-state index in [1.54, 1.807) is 0 Å². The molecule has 0 aromatic heterocycles. The normalized spacial score (nSPS) is 25.6. The fourth-order valence-corrected chi connectivity index (χ4v) is 3.61. The number of hydrogen-bond acceptors (Lipinski definition) is 3. The van der Waals surface area contributed by atoms with Crippen LogP contribution in [0.2, 0.25) is 0 Å². The lowest BCUT2D eigenvalue weighted by Gasteiger charge is -2.21. The molecule has 2 aliphatic rings. The molecule has 2 unspecified atom stereocenters. The maximum atomic E-state index is 12.5. The smallest absolute Gasteiger partial charge is 0.251 e. The number of amides is 1. The summed E-state index contributed by atoms with van der Waals surface area (Å²) in [5.74, 6) is 0.0628. The largest absolute Gasteiger partial charge is 0.348 e. The lowest BCUT2D eigenvalue weighted by Crippen LogP contribution is -2.42. The standard InChI is InChI=1S/C16H23N3O/c17-9-7-12-4-1-2-5-13(12)16(20)18-14-8-11-19-10-3-6-15(14)19/h1-2,4-5,14-15H,3,6-11,17H2,(H,18,20). The summed E-state index contributed by atoms with van der Waals surface area (Å²) in [6.07, 6.45) is 4.31. The molecule has 0 spiro atoms. The van der Waals surface area contributed by atoms with Gasteiger partial charge in [0.05, 0.1) is 0 Å². The van der Waals surface area contributed by atoms with E-state index >= 15 is 0 Å². The van der Waals surface area contributed by atoms with E-state index in [0.29, 0.717) is 18.6 Å². The van der Waals surface area contributed by atoms with Gasteiger partial charge in [-0.2, -0.15) is 0 Å². The topological polar surface area (TPSA) is 58.4 Å². The summed E-state index contributed by atoms with van der Waals surface area (Å²) in [6.45, 7) is 2.89. The molecule has 2 fully saturated rings. The lowest BCUT2D eigenvalue weighted by atomic mass is 10.0. The third kappa shape index (κ3) is 2.58. The summed E-state index contributed by atoms with van der Waals surface area (Å²) in [7, 11) is 0. The highest BCUT2D eigenvalue weighted by molar-refractivity contribution is 5.96. The van der Waals surface area contributed by atoms with Crippen molar-refractivity contribution in [3.05, 3.63) is 35.4 Å². The van der Waals surface area contributed by atoms with E-state index in [-0.39, 0.29) is 5.91 Å². The number of nitrogens with one attached hydrogen (secondary N) is 1. The van der Waals surface area contributed by atoms with Crippen LogP contribution in [0.5, 0.6) is 0 Å². The fraction of sp³-hybridized carbons (Fsp3) is 0.562. The Balaban J connectivity index is 1.70. The number of carbonyl (C=O) groups excluding carboxylic acids is 1. The van der Waals surface area contributed by atoms with Gasteiger partial charge in [0.15, 0.2) is 0 Å². The monoisotopic (exact) mass is 273 g/mol. The highest BCUT2D eigenvalue weighted by Crippen LogP contribution is 2.28. The van der Waals surface area contributed by atoms with E-state index in [4.69, 9.17) is 5.73 Å². The van der Waals surface area contributed by atoms with E-state index in [0.717, 1.165) is 30.5 Å². The van der Waals surface area contributed by atoms with Gasteiger partial charge in [-0.3, -0.25) is 9.69 Å². The maximum Gasteiger partial charge on any atom is 0.251 e. The summed E-state index contributed by atoms with van der Waals surface area (Å²) < 4.78 is 0. The van der Waals surface area contributed by atoms with Crippen LogP contribution >= 0.6 is 0 Å². The van der Waals surface area contributed by atoms with Crippen molar-refractivity contribution >= 4 is 5.91 Å². The number of nitrogens with two attached hydrogens (primary N) is 1. The Hall–Kier alpha value is -1.39. The van der Waals surface area contributed by atoms with Crippen molar-refractivity contribution in [3.63, 3.8) is 0 Å². The van der Waals surface area contributed by atoms with Crippen LogP contribution < -0.4 is 11.1 Å². The van der Waals surface area contributed by atoms with Gasteiger partial charge < -0.3 is 11.1 Å². The molecule has 0 radical (unpaired) electrons. The van der Waals surface area contributed by atoms with Crippen LogP contribution in [-0.4, -0.2) is 42.5 Å². The van der Waals surface area contributed by atoms with Gasteiger partial charge in [0, 0.05) is 24.2 Å². The Bertz CT molecular complexity index is 488. The summed E-state index contributed by atoms with van der Waals surface area (Å²) in [4.78, 5) is 15.0. The first-order valence-corrected chi connectivity index (χ1v) is 7.62. The predicted molar refractivity (Wildman–Crippen MR) is 79.7 cm³/mol. The number of rotatable bonds is 4. The number of benzene rings is 1. The number of carbonyl (C=O) groups is 1. The first kappa shape index (κ1) is 13.6. The van der Waals surface area contributed by atoms with E-state index < -0.39 is 0 Å². The molecule has 0 bridgehead atoms. The van der Waals surface area contributed by atoms with Crippen molar-refractivity contribution < 1.29 is 4.79 Å². The van der Waals surface area contributed by atoms with Crippen LogP contribution in [0.15, 0.2) is 24.3 Å². The molecule has 2 atom stereocenters. The zero-order valence-corrected chi connectivity index (χ0v) is 11.8. The van der Waals surface area contributed by atoms with Crippen LogP contribution in [0.25, 0.3) is 0 Å². The zero-order valence-electron chi connectivity index (χ0n) is 11.8. The molecule has 3 N–H and O–H groups in total. The Kier molecular flexibility index (Phi) is 4.03. The quantitative estimate of drug-likeness (QED) is 0.865. The highest BCUT2D eigenvalue weighted by atomic mass is 16.1. The van der Waals surface area contributed by atoms with Gasteiger partial charge in [-0.15, -0.1) is 0 Å². The van der Waals surface area contributed by atoms with Crippen molar-refractivity contribution in [1.82, 2.24) is 10.2 Å². The molecule has 3 rings (SSSR count). The van der Waals surface area contributed by atoms with Gasteiger partial charge in [-0.05, 0) is 50.4 Å². The van der Waals surface area contributed by atoms with Crippen LogP contribution in [0.1, 0.15) is 35.2 Å². The molecular formula is C16H23N3O. The summed E-state index contributed by atoms with van der Waals surface area (Å²) in [5.41, 5.74) is 7.46. The Labute approximate surface area is 120 Å². The average molecular weight is 273 g/mol. The maximum absolute atomic E-state index is 12.5. The highest BCUT2D eigenvalue weighted by Gasteiger charge is 2.37. The fourth-order valence-electron chi connectivity index (χ4n) is 3.61. The van der Waals surface area contributed by atoms with Gasteiger partial charge in [0.1, 0.15) is 0 Å². The molecule has 4 nitrogen and oxygen atoms in total. The van der Waals surface area contributed by atoms with Crippen molar-refractivity contribution in [2.45, 2.75) is 37.8 Å². The Morgan fingerprint density at radius 1 is 1.30 bits per heavy atom. The third-order valence-corrected chi connectivity index (χ3v) is 4.60. The molecule has 0 saturated carbocycles. The van der Waals surface area contributed by atoms with Gasteiger partial charge in [0.2, 0.25) is 0 Å². The van der Waals surface area contributed by atoms with Gasteiger partial charge >= 0.3 is 0 Å². The number of nitrogens with zero attached hydrogens (tertiary/aromatic N) is 1. The van der Waals surface area contributed by atoms with E-state index in [2.05, 4.69) is 10.2 Å². The number of fused-ring (bicyclic) bond motifs is 1. The zero-order chi connectivity index (χ0) is 13.9. The average Bonchev–Trinajstić information content (AvgIpc) is 3.05. The number of hydrogen-bond donors (Lipinski definition) is 2.